The van der Waals surface area contributed by atoms with Crippen molar-refractivity contribution in [2.24, 2.45) is 0 Å². The quantitative estimate of drug-likeness (QED) is 0.465. The average molecular weight is 397 g/mol. The number of Topliss-reactive ketones (excluding diaryl/α,β-unsaturated/α-hetero) is 1. The molecule has 0 fully saturated rings. The third-order valence-corrected chi connectivity index (χ3v) is 4.28. The van der Waals surface area contributed by atoms with Crippen molar-refractivity contribution in [2.45, 2.75) is 39.2 Å². The van der Waals surface area contributed by atoms with Gasteiger partial charge in [0.25, 0.3) is 5.91 Å². The fourth-order valence-electron chi connectivity index (χ4n) is 2.69. The van der Waals surface area contributed by atoms with Crippen LogP contribution in [0.3, 0.4) is 0 Å². The lowest BCUT2D eigenvalue weighted by Gasteiger charge is -2.13. The molecule has 1 atom stereocenters. The second-order valence-electron chi connectivity index (χ2n) is 6.54. The highest BCUT2D eigenvalue weighted by atomic mass is 16.5. The Hall–Kier alpha value is -3.15. The van der Waals surface area contributed by atoms with E-state index in [0.717, 1.165) is 5.56 Å². The summed E-state index contributed by atoms with van der Waals surface area (Å²) in [5.41, 5.74) is 1.62. The van der Waals surface area contributed by atoms with Crippen molar-refractivity contribution in [1.29, 1.82) is 0 Å². The Labute approximate surface area is 171 Å². The Morgan fingerprint density at radius 3 is 2.31 bits per heavy atom. The molecule has 0 heterocycles. The Morgan fingerprint density at radius 2 is 1.66 bits per heavy atom. The SMILES string of the molecule is CCOc1ccc(C(=O)CCC(=O)OC(C)C(=O)NCCc2ccccc2)cc1. The van der Waals surface area contributed by atoms with E-state index >= 15 is 0 Å². The zero-order chi connectivity index (χ0) is 21.1. The van der Waals surface area contributed by atoms with Crippen LogP contribution in [-0.2, 0) is 20.7 Å². The summed E-state index contributed by atoms with van der Waals surface area (Å²) >= 11 is 0. The summed E-state index contributed by atoms with van der Waals surface area (Å²) in [5, 5.41) is 2.75. The molecule has 2 aromatic carbocycles. The molecule has 1 N–H and O–H groups in total. The molecule has 0 bridgehead atoms. The minimum Gasteiger partial charge on any atom is -0.494 e. The summed E-state index contributed by atoms with van der Waals surface area (Å²) in [5.74, 6) is -0.400. The van der Waals surface area contributed by atoms with Crippen molar-refractivity contribution < 1.29 is 23.9 Å². The van der Waals surface area contributed by atoms with E-state index in [0.29, 0.717) is 30.9 Å². The van der Waals surface area contributed by atoms with Crippen molar-refractivity contribution in [3.63, 3.8) is 0 Å². The molecule has 2 aromatic rings. The molecule has 29 heavy (non-hydrogen) atoms. The van der Waals surface area contributed by atoms with Crippen LogP contribution in [0.25, 0.3) is 0 Å². The highest BCUT2D eigenvalue weighted by molar-refractivity contribution is 5.97. The van der Waals surface area contributed by atoms with Crippen molar-refractivity contribution in [2.75, 3.05) is 13.2 Å². The zero-order valence-corrected chi connectivity index (χ0v) is 16.9. The number of carbonyl (C=O) groups excluding carboxylic acids is 3. The molecular formula is C23H27NO5. The van der Waals surface area contributed by atoms with Gasteiger partial charge in [-0.15, -0.1) is 0 Å². The van der Waals surface area contributed by atoms with Crippen LogP contribution in [0.1, 0.15) is 42.6 Å². The molecule has 0 aromatic heterocycles. The summed E-state index contributed by atoms with van der Waals surface area (Å²) < 4.78 is 10.5. The number of carbonyl (C=O) groups is 3. The molecule has 0 radical (unpaired) electrons. The largest absolute Gasteiger partial charge is 0.494 e. The third-order valence-electron chi connectivity index (χ3n) is 4.28. The first kappa shape index (κ1) is 22.1. The van der Waals surface area contributed by atoms with Crippen LogP contribution < -0.4 is 10.1 Å². The van der Waals surface area contributed by atoms with E-state index in [2.05, 4.69) is 5.32 Å². The molecule has 0 aliphatic carbocycles. The number of esters is 1. The van der Waals surface area contributed by atoms with Crippen LogP contribution in [-0.4, -0.2) is 36.9 Å². The van der Waals surface area contributed by atoms with Crippen LogP contribution in [0, 0.1) is 0 Å². The van der Waals surface area contributed by atoms with E-state index in [1.807, 2.05) is 37.3 Å². The van der Waals surface area contributed by atoms with Gasteiger partial charge in [-0.3, -0.25) is 14.4 Å². The predicted octanol–water partition coefficient (Wildman–Crippen LogP) is 3.34. The first-order valence-corrected chi connectivity index (χ1v) is 9.76. The molecule has 0 saturated heterocycles. The molecule has 0 aliphatic rings. The lowest BCUT2D eigenvalue weighted by molar-refractivity contribution is -0.154. The van der Waals surface area contributed by atoms with Gasteiger partial charge in [0.2, 0.25) is 0 Å². The molecule has 2 rings (SSSR count). The fourth-order valence-corrected chi connectivity index (χ4v) is 2.69. The highest BCUT2D eigenvalue weighted by Gasteiger charge is 2.18. The molecule has 0 spiro atoms. The van der Waals surface area contributed by atoms with Gasteiger partial charge in [0, 0.05) is 18.5 Å². The van der Waals surface area contributed by atoms with Gasteiger partial charge in [0.05, 0.1) is 13.0 Å². The normalized spacial score (nSPS) is 11.4. The van der Waals surface area contributed by atoms with Gasteiger partial charge >= 0.3 is 5.97 Å². The first-order chi connectivity index (χ1) is 14.0. The fraction of sp³-hybridized carbons (Fsp3) is 0.348. The monoisotopic (exact) mass is 397 g/mol. The summed E-state index contributed by atoms with van der Waals surface area (Å²) in [6, 6.07) is 16.6. The Balaban J connectivity index is 1.69. The molecule has 1 unspecified atom stereocenters. The number of nitrogens with one attached hydrogen (secondary N) is 1. The Bertz CT molecular complexity index is 802. The zero-order valence-electron chi connectivity index (χ0n) is 16.9. The number of ketones is 1. The average Bonchev–Trinajstić information content (AvgIpc) is 2.73. The predicted molar refractivity (Wildman–Crippen MR) is 110 cm³/mol. The number of ether oxygens (including phenoxy) is 2. The van der Waals surface area contributed by atoms with Gasteiger partial charge in [-0.2, -0.15) is 0 Å². The van der Waals surface area contributed by atoms with E-state index in [1.54, 1.807) is 24.3 Å². The first-order valence-electron chi connectivity index (χ1n) is 9.76. The van der Waals surface area contributed by atoms with Crippen molar-refractivity contribution in [1.82, 2.24) is 5.32 Å². The van der Waals surface area contributed by atoms with Crippen LogP contribution in [0.2, 0.25) is 0 Å². The maximum Gasteiger partial charge on any atom is 0.307 e. The molecule has 154 valence electrons. The number of amides is 1. The minimum absolute atomic E-state index is 0.0230. The summed E-state index contributed by atoms with van der Waals surface area (Å²) in [4.78, 5) is 36.2. The molecule has 1 amide bonds. The van der Waals surface area contributed by atoms with Gasteiger partial charge in [-0.25, -0.2) is 0 Å². The van der Waals surface area contributed by atoms with Crippen molar-refractivity contribution >= 4 is 17.7 Å². The molecule has 6 nitrogen and oxygen atoms in total. The van der Waals surface area contributed by atoms with E-state index in [9.17, 15) is 14.4 Å². The third kappa shape index (κ3) is 7.78. The maximum atomic E-state index is 12.2. The van der Waals surface area contributed by atoms with Gasteiger partial charge in [-0.05, 0) is 50.1 Å². The standard InChI is InChI=1S/C23H27NO5/c1-3-28-20-11-9-19(10-12-20)21(25)13-14-22(26)29-17(2)23(27)24-16-15-18-7-5-4-6-8-18/h4-12,17H,3,13-16H2,1-2H3,(H,24,27). The van der Waals surface area contributed by atoms with Gasteiger partial charge in [-0.1, -0.05) is 30.3 Å². The van der Waals surface area contributed by atoms with Crippen LogP contribution in [0.5, 0.6) is 5.75 Å². The highest BCUT2D eigenvalue weighted by Crippen LogP contribution is 2.14. The van der Waals surface area contributed by atoms with E-state index in [-0.39, 0.29) is 24.5 Å². The minimum atomic E-state index is -0.904. The summed E-state index contributed by atoms with van der Waals surface area (Å²) in [6.07, 6.45) is -0.258. The number of hydrogen-bond donors (Lipinski definition) is 1. The number of benzene rings is 2. The molecule has 6 heteroatoms. The summed E-state index contributed by atoms with van der Waals surface area (Å²) in [6.45, 7) is 4.41. The topological polar surface area (TPSA) is 81.7 Å². The van der Waals surface area contributed by atoms with Crippen molar-refractivity contribution in [3.8, 4) is 5.75 Å². The number of hydrogen-bond acceptors (Lipinski definition) is 5. The second-order valence-corrected chi connectivity index (χ2v) is 6.54. The van der Waals surface area contributed by atoms with E-state index < -0.39 is 12.1 Å². The Morgan fingerprint density at radius 1 is 0.966 bits per heavy atom. The lowest BCUT2D eigenvalue weighted by Crippen LogP contribution is -2.36. The van der Waals surface area contributed by atoms with Crippen LogP contribution in [0.4, 0.5) is 0 Å². The van der Waals surface area contributed by atoms with Gasteiger partial charge in [0.1, 0.15) is 5.75 Å². The van der Waals surface area contributed by atoms with Crippen LogP contribution in [0.15, 0.2) is 54.6 Å². The van der Waals surface area contributed by atoms with Gasteiger partial charge < -0.3 is 14.8 Å². The molecule has 0 saturated carbocycles. The van der Waals surface area contributed by atoms with E-state index in [1.165, 1.54) is 6.92 Å². The number of rotatable bonds is 11. The molecule has 0 aliphatic heterocycles. The summed E-state index contributed by atoms with van der Waals surface area (Å²) in [7, 11) is 0. The van der Waals surface area contributed by atoms with Crippen LogP contribution >= 0.6 is 0 Å². The molecular weight excluding hydrogens is 370 g/mol. The maximum absolute atomic E-state index is 12.2. The second kappa shape index (κ2) is 11.6. The van der Waals surface area contributed by atoms with E-state index in [4.69, 9.17) is 9.47 Å². The lowest BCUT2D eigenvalue weighted by atomic mass is 10.1. The Kier molecular flexibility index (Phi) is 8.89. The van der Waals surface area contributed by atoms with Crippen molar-refractivity contribution in [3.05, 3.63) is 65.7 Å². The smallest absolute Gasteiger partial charge is 0.307 e. The van der Waals surface area contributed by atoms with Gasteiger partial charge in [0.15, 0.2) is 11.9 Å².